The van der Waals surface area contributed by atoms with E-state index in [9.17, 15) is 9.90 Å². The number of aryl methyl sites for hydroxylation is 1. The molecular formula is C25H24N6O2S. The smallest absolute Gasteiger partial charge is 0.249 e. The Labute approximate surface area is 202 Å². The number of aliphatic hydroxyl groups excluding tert-OH is 1. The molecule has 1 aromatic carbocycles. The molecule has 172 valence electrons. The van der Waals surface area contributed by atoms with Crippen LogP contribution in [0.25, 0.3) is 14.7 Å². The fraction of sp³-hybridized carbons (Fsp3) is 0.360. The number of hydrogen-bond acceptors (Lipinski definition) is 6. The third-order valence-electron chi connectivity index (χ3n) is 5.85. The van der Waals surface area contributed by atoms with E-state index in [1.54, 1.807) is 19.1 Å². The maximum Gasteiger partial charge on any atom is 0.249 e. The summed E-state index contributed by atoms with van der Waals surface area (Å²) in [7, 11) is 0. The minimum absolute atomic E-state index is 0.000212. The van der Waals surface area contributed by atoms with E-state index in [-0.39, 0.29) is 25.2 Å². The van der Waals surface area contributed by atoms with Crippen LogP contribution in [-0.2, 0) is 11.3 Å². The van der Waals surface area contributed by atoms with E-state index in [4.69, 9.17) is 18.1 Å². The van der Waals surface area contributed by atoms with Crippen molar-refractivity contribution in [3.63, 3.8) is 0 Å². The van der Waals surface area contributed by atoms with Gasteiger partial charge in [0.1, 0.15) is 22.7 Å². The standard InChI is InChI=1S/C25H24N6O2S/c1-14(32)6-11-19(33)12-20-24-30-29-16(3)31(24)25-22(15(2)21(34-25)13-26-4)23(28-20)17-7-9-18(27-5)10-8-17/h7-10,14,20,32H,6,11-13H2,1-3H3/t14-,20-/m0/s1. The van der Waals surface area contributed by atoms with Crippen molar-refractivity contribution in [1.29, 1.82) is 0 Å². The third kappa shape index (κ3) is 4.41. The first-order valence-corrected chi connectivity index (χ1v) is 11.8. The summed E-state index contributed by atoms with van der Waals surface area (Å²) in [5, 5.41) is 19.2. The number of Topliss-reactive ketones (excluding diaryl/α,β-unsaturated/α-hetero) is 1. The summed E-state index contributed by atoms with van der Waals surface area (Å²) in [6, 6.07) is 6.71. The summed E-state index contributed by atoms with van der Waals surface area (Å²) in [5.74, 6) is 1.28. The molecule has 9 heteroatoms. The molecule has 1 aliphatic rings. The molecule has 0 fully saturated rings. The molecule has 2 atom stereocenters. The quantitative estimate of drug-likeness (QED) is 0.494. The number of carbonyl (C=O) groups is 1. The van der Waals surface area contributed by atoms with Gasteiger partial charge in [-0.05, 0) is 38.3 Å². The highest BCUT2D eigenvalue weighted by Gasteiger charge is 2.33. The van der Waals surface area contributed by atoms with Crippen molar-refractivity contribution < 1.29 is 9.90 Å². The lowest BCUT2D eigenvalue weighted by atomic mass is 9.99. The van der Waals surface area contributed by atoms with E-state index in [2.05, 4.69) is 19.9 Å². The van der Waals surface area contributed by atoms with Crippen LogP contribution in [0.4, 0.5) is 5.69 Å². The summed E-state index contributed by atoms with van der Waals surface area (Å²) >= 11 is 1.52. The fourth-order valence-electron chi connectivity index (χ4n) is 4.06. The van der Waals surface area contributed by atoms with Crippen LogP contribution in [0.2, 0.25) is 0 Å². The minimum atomic E-state index is -0.542. The lowest BCUT2D eigenvalue weighted by Crippen LogP contribution is -2.13. The first kappa shape index (κ1) is 23.5. The Balaban J connectivity index is 1.90. The highest BCUT2D eigenvalue weighted by atomic mass is 32.1. The normalized spacial score (nSPS) is 15.4. The van der Waals surface area contributed by atoms with Crippen LogP contribution < -0.4 is 0 Å². The van der Waals surface area contributed by atoms with Gasteiger partial charge in [-0.2, -0.15) is 0 Å². The van der Waals surface area contributed by atoms with Crippen molar-refractivity contribution in [2.75, 3.05) is 0 Å². The number of thiophene rings is 1. The lowest BCUT2D eigenvalue weighted by molar-refractivity contribution is -0.120. The number of aliphatic imine (C=N–C) groups is 1. The van der Waals surface area contributed by atoms with Crippen LogP contribution in [0.5, 0.6) is 0 Å². The number of aromatic nitrogens is 3. The third-order valence-corrected chi connectivity index (χ3v) is 7.12. The molecule has 1 N–H and O–H groups in total. The molecular weight excluding hydrogens is 448 g/mol. The van der Waals surface area contributed by atoms with Crippen molar-refractivity contribution in [2.24, 2.45) is 4.99 Å². The largest absolute Gasteiger partial charge is 0.393 e. The molecule has 3 heterocycles. The molecule has 0 radical (unpaired) electrons. The van der Waals surface area contributed by atoms with Crippen molar-refractivity contribution in [3.8, 4) is 5.00 Å². The van der Waals surface area contributed by atoms with Crippen LogP contribution in [-0.4, -0.2) is 37.5 Å². The molecule has 8 nitrogen and oxygen atoms in total. The molecule has 0 spiro atoms. The number of hydrogen-bond donors (Lipinski definition) is 1. The van der Waals surface area contributed by atoms with Gasteiger partial charge in [0.2, 0.25) is 6.54 Å². The summed E-state index contributed by atoms with van der Waals surface area (Å²) in [5.41, 5.74) is 3.97. The Morgan fingerprint density at radius 3 is 2.62 bits per heavy atom. The second kappa shape index (κ2) is 9.68. The number of rotatable bonds is 7. The van der Waals surface area contributed by atoms with E-state index in [0.29, 0.717) is 23.8 Å². The summed E-state index contributed by atoms with van der Waals surface area (Å²) < 4.78 is 1.96. The fourth-order valence-corrected chi connectivity index (χ4v) is 5.35. The van der Waals surface area contributed by atoms with Gasteiger partial charge in [-0.1, -0.05) is 24.3 Å². The number of carbonyl (C=O) groups excluding carboxylic acids is 1. The van der Waals surface area contributed by atoms with Gasteiger partial charge >= 0.3 is 0 Å². The topological polar surface area (TPSA) is 89.1 Å². The van der Waals surface area contributed by atoms with Gasteiger partial charge in [-0.3, -0.25) is 14.4 Å². The van der Waals surface area contributed by atoms with Crippen LogP contribution in [0.15, 0.2) is 29.3 Å². The maximum absolute atomic E-state index is 12.8. The summed E-state index contributed by atoms with van der Waals surface area (Å²) in [4.78, 5) is 25.9. The molecule has 34 heavy (non-hydrogen) atoms. The number of nitrogens with zero attached hydrogens (tertiary/aromatic N) is 6. The molecule has 0 amide bonds. The monoisotopic (exact) mass is 472 g/mol. The second-order valence-corrected chi connectivity index (χ2v) is 9.45. The average molecular weight is 473 g/mol. The van der Waals surface area contributed by atoms with E-state index in [1.165, 1.54) is 11.3 Å². The Morgan fingerprint density at radius 1 is 1.24 bits per heavy atom. The first-order chi connectivity index (χ1) is 16.3. The molecule has 0 saturated carbocycles. The molecule has 1 aliphatic heterocycles. The zero-order valence-electron chi connectivity index (χ0n) is 19.2. The first-order valence-electron chi connectivity index (χ1n) is 11.0. The van der Waals surface area contributed by atoms with Gasteiger partial charge in [0.15, 0.2) is 11.5 Å². The number of ketones is 1. The molecule has 0 unspecified atom stereocenters. The predicted molar refractivity (Wildman–Crippen MR) is 131 cm³/mol. The number of aliphatic hydroxyl groups is 1. The lowest BCUT2D eigenvalue weighted by Gasteiger charge is -2.13. The Morgan fingerprint density at radius 2 is 1.97 bits per heavy atom. The molecule has 4 rings (SSSR count). The van der Waals surface area contributed by atoms with Crippen LogP contribution in [0, 0.1) is 27.0 Å². The summed E-state index contributed by atoms with van der Waals surface area (Å²) in [6.45, 7) is 20.4. The predicted octanol–water partition coefficient (Wildman–Crippen LogP) is 4.93. The van der Waals surface area contributed by atoms with Gasteiger partial charge in [0, 0.05) is 18.4 Å². The molecule has 3 aromatic rings. The van der Waals surface area contributed by atoms with Gasteiger partial charge in [0.25, 0.3) is 0 Å². The van der Waals surface area contributed by atoms with Crippen LogP contribution in [0.3, 0.4) is 0 Å². The van der Waals surface area contributed by atoms with Crippen molar-refractivity contribution in [2.45, 2.75) is 58.7 Å². The van der Waals surface area contributed by atoms with Crippen molar-refractivity contribution in [1.82, 2.24) is 14.8 Å². The second-order valence-electron chi connectivity index (χ2n) is 8.37. The van der Waals surface area contributed by atoms with E-state index >= 15 is 0 Å². The van der Waals surface area contributed by atoms with Crippen LogP contribution >= 0.6 is 11.3 Å². The Kier molecular flexibility index (Phi) is 6.69. The SMILES string of the molecule is [C-]#[N+]Cc1sc2c(c1C)C(c1ccc([N+]#[C-])cc1)=N[C@@H](CC(=O)CC[C@H](C)O)c1nnc(C)n1-2. The number of benzene rings is 1. The van der Waals surface area contributed by atoms with Gasteiger partial charge in [-0.15, -0.1) is 21.5 Å². The van der Waals surface area contributed by atoms with Gasteiger partial charge < -0.3 is 9.95 Å². The summed E-state index contributed by atoms with van der Waals surface area (Å²) in [6.07, 6.45) is 0.275. The van der Waals surface area contributed by atoms with E-state index in [0.717, 1.165) is 32.3 Å². The maximum atomic E-state index is 12.8. The Bertz CT molecular complexity index is 1350. The highest BCUT2D eigenvalue weighted by molar-refractivity contribution is 7.15. The average Bonchev–Trinajstić information content (AvgIpc) is 3.31. The van der Waals surface area contributed by atoms with Crippen LogP contribution in [0.1, 0.15) is 65.4 Å². The molecule has 0 bridgehead atoms. The van der Waals surface area contributed by atoms with E-state index < -0.39 is 12.1 Å². The van der Waals surface area contributed by atoms with E-state index in [1.807, 2.05) is 30.5 Å². The zero-order chi connectivity index (χ0) is 24.4. The van der Waals surface area contributed by atoms with Crippen molar-refractivity contribution in [3.05, 3.63) is 80.3 Å². The molecule has 2 aromatic heterocycles. The number of fused-ring (bicyclic) bond motifs is 3. The Hall–Kier alpha value is -3.66. The van der Waals surface area contributed by atoms with Gasteiger partial charge in [-0.25, -0.2) is 11.4 Å². The zero-order valence-corrected chi connectivity index (χ0v) is 20.1. The highest BCUT2D eigenvalue weighted by Crippen LogP contribution is 2.40. The minimum Gasteiger partial charge on any atom is -0.393 e. The molecule has 0 aliphatic carbocycles. The molecule has 0 saturated heterocycles. The van der Waals surface area contributed by atoms with Gasteiger partial charge in [0.05, 0.1) is 23.3 Å². The van der Waals surface area contributed by atoms with Crippen molar-refractivity contribution >= 4 is 28.5 Å².